The molecule has 0 radical (unpaired) electrons. The van der Waals surface area contributed by atoms with Gasteiger partial charge in [0, 0.05) is 27.9 Å². The highest BCUT2D eigenvalue weighted by Crippen LogP contribution is 2.57. The standard InChI is InChI=1S/C63H43NOSi/c1-4-20-44(21-5-1)45-36-38-47(39-37-45)64(58-42-46-22-10-11-27-51(46)52-28-12-13-29-53(52)58)48-40-41-60-57(43-48)63(54-30-14-17-33-59(54)65-60)55-31-15-18-34-61(55)66(49-23-6-2-7-24-49,50-25-8-3-9-26-50)62-35-19-16-32-56(62)63/h1-43H. The number of hydrogen-bond donors (Lipinski definition) is 0. The summed E-state index contributed by atoms with van der Waals surface area (Å²) in [5.41, 5.74) is 9.76. The van der Waals surface area contributed by atoms with Crippen LogP contribution in [0.3, 0.4) is 0 Å². The molecular formula is C63H43NOSi. The molecule has 0 unspecified atom stereocenters. The van der Waals surface area contributed by atoms with E-state index < -0.39 is 13.5 Å². The molecule has 0 saturated carbocycles. The second-order valence-corrected chi connectivity index (χ2v) is 21.2. The van der Waals surface area contributed by atoms with E-state index in [1.165, 1.54) is 64.5 Å². The van der Waals surface area contributed by atoms with Gasteiger partial charge in [-0.1, -0.05) is 218 Å². The Balaban J connectivity index is 1.13. The molecule has 0 bridgehead atoms. The summed E-state index contributed by atoms with van der Waals surface area (Å²) in [5.74, 6) is 1.74. The quantitative estimate of drug-likeness (QED) is 0.122. The minimum absolute atomic E-state index is 0.721. The maximum Gasteiger partial charge on any atom is 0.180 e. The molecule has 2 heterocycles. The normalized spacial score (nSPS) is 13.8. The predicted molar refractivity (Wildman–Crippen MR) is 277 cm³/mol. The zero-order chi connectivity index (χ0) is 43.7. The van der Waals surface area contributed by atoms with Gasteiger partial charge < -0.3 is 9.64 Å². The molecule has 0 amide bonds. The summed E-state index contributed by atoms with van der Waals surface area (Å²) < 4.78 is 7.09. The molecule has 0 aromatic heterocycles. The SMILES string of the molecule is c1ccc(-c2ccc(N(c3ccc4c(c3)C3(c5ccccc5O4)c4ccccc4[Si](c4ccccc4)(c4ccccc4)c4ccccc43)c3cc4ccccc4c4ccccc34)cc2)cc1. The Morgan fingerprint density at radius 1 is 0.333 bits per heavy atom. The van der Waals surface area contributed by atoms with Gasteiger partial charge >= 0.3 is 0 Å². The van der Waals surface area contributed by atoms with Crippen molar-refractivity contribution in [3.63, 3.8) is 0 Å². The summed E-state index contributed by atoms with van der Waals surface area (Å²) in [6, 6.07) is 96.6. The van der Waals surface area contributed by atoms with Gasteiger partial charge in [0.05, 0.1) is 11.1 Å². The molecule has 0 fully saturated rings. The number of benzene rings is 11. The fourth-order valence-corrected chi connectivity index (χ4v) is 16.9. The molecule has 0 N–H and O–H groups in total. The largest absolute Gasteiger partial charge is 0.457 e. The van der Waals surface area contributed by atoms with Crippen molar-refractivity contribution in [1.82, 2.24) is 0 Å². The number of rotatable bonds is 6. The van der Waals surface area contributed by atoms with Crippen molar-refractivity contribution in [2.45, 2.75) is 5.41 Å². The van der Waals surface area contributed by atoms with Gasteiger partial charge in [-0.15, -0.1) is 0 Å². The molecule has 66 heavy (non-hydrogen) atoms. The maximum atomic E-state index is 7.09. The Hall–Kier alpha value is -8.24. The minimum atomic E-state index is -2.91. The monoisotopic (exact) mass is 857 g/mol. The Morgan fingerprint density at radius 2 is 0.818 bits per heavy atom. The fourth-order valence-electron chi connectivity index (χ4n) is 11.6. The molecule has 3 heteroatoms. The third kappa shape index (κ3) is 5.54. The molecular weight excluding hydrogens is 815 g/mol. The molecule has 2 aliphatic heterocycles. The van der Waals surface area contributed by atoms with Crippen LogP contribution in [0.25, 0.3) is 32.7 Å². The lowest BCUT2D eigenvalue weighted by atomic mass is 9.63. The molecule has 0 saturated heterocycles. The van der Waals surface area contributed by atoms with Crippen LogP contribution in [0.1, 0.15) is 22.3 Å². The predicted octanol–water partition coefficient (Wildman–Crippen LogP) is 13.3. The first-order valence-electron chi connectivity index (χ1n) is 22.8. The van der Waals surface area contributed by atoms with Crippen LogP contribution >= 0.6 is 0 Å². The molecule has 310 valence electrons. The van der Waals surface area contributed by atoms with Gasteiger partial charge in [-0.05, 0) is 102 Å². The van der Waals surface area contributed by atoms with Gasteiger partial charge in [0.2, 0.25) is 0 Å². The number of anilines is 3. The van der Waals surface area contributed by atoms with E-state index in [9.17, 15) is 0 Å². The number of ether oxygens (including phenoxy) is 1. The van der Waals surface area contributed by atoms with Crippen LogP contribution in [0, 0.1) is 0 Å². The van der Waals surface area contributed by atoms with E-state index >= 15 is 0 Å². The first-order valence-corrected chi connectivity index (χ1v) is 24.8. The molecule has 2 nitrogen and oxygen atoms in total. The van der Waals surface area contributed by atoms with E-state index in [0.717, 1.165) is 39.7 Å². The van der Waals surface area contributed by atoms with Crippen molar-refractivity contribution >= 4 is 67.4 Å². The highest BCUT2D eigenvalue weighted by atomic mass is 28.3. The van der Waals surface area contributed by atoms with Crippen LogP contribution in [0.4, 0.5) is 17.1 Å². The highest BCUT2D eigenvalue weighted by Gasteiger charge is 2.57. The van der Waals surface area contributed by atoms with Crippen LogP contribution in [0.15, 0.2) is 261 Å². The zero-order valence-electron chi connectivity index (χ0n) is 36.2. The van der Waals surface area contributed by atoms with Gasteiger partial charge in [-0.3, -0.25) is 0 Å². The van der Waals surface area contributed by atoms with E-state index in [1.807, 2.05) is 0 Å². The topological polar surface area (TPSA) is 12.5 Å². The van der Waals surface area contributed by atoms with Gasteiger partial charge in [0.25, 0.3) is 0 Å². The third-order valence-corrected chi connectivity index (χ3v) is 19.1. The second-order valence-electron chi connectivity index (χ2n) is 17.5. The first kappa shape index (κ1) is 38.2. The summed E-state index contributed by atoms with van der Waals surface area (Å²) in [5, 5.41) is 10.4. The van der Waals surface area contributed by atoms with Crippen LogP contribution < -0.4 is 30.4 Å². The van der Waals surface area contributed by atoms with Crippen LogP contribution in [-0.2, 0) is 5.41 Å². The van der Waals surface area contributed by atoms with Gasteiger partial charge in [-0.25, -0.2) is 0 Å². The average molecular weight is 858 g/mol. The van der Waals surface area contributed by atoms with Crippen molar-refractivity contribution in [3.05, 3.63) is 283 Å². The average Bonchev–Trinajstić information content (AvgIpc) is 3.40. The lowest BCUT2D eigenvalue weighted by Gasteiger charge is -2.51. The summed E-state index contributed by atoms with van der Waals surface area (Å²) in [6.45, 7) is 0. The molecule has 0 atom stereocenters. The molecule has 13 rings (SSSR count). The Bertz CT molecular complexity index is 3530. The number of hydrogen-bond acceptors (Lipinski definition) is 2. The third-order valence-electron chi connectivity index (χ3n) is 14.2. The molecule has 11 aromatic rings. The van der Waals surface area contributed by atoms with Crippen LogP contribution in [0.5, 0.6) is 11.5 Å². The highest BCUT2D eigenvalue weighted by molar-refractivity contribution is 7.20. The number of nitrogens with zero attached hydrogens (tertiary/aromatic N) is 1. The number of fused-ring (bicyclic) bond motifs is 11. The van der Waals surface area contributed by atoms with Crippen LogP contribution in [-0.4, -0.2) is 8.07 Å². The van der Waals surface area contributed by atoms with Crippen molar-refractivity contribution in [1.29, 1.82) is 0 Å². The summed E-state index contributed by atoms with van der Waals surface area (Å²) in [6.07, 6.45) is 0. The molecule has 1 spiro atoms. The van der Waals surface area contributed by atoms with Crippen LogP contribution in [0.2, 0.25) is 0 Å². The van der Waals surface area contributed by atoms with Crippen molar-refractivity contribution in [3.8, 4) is 22.6 Å². The van der Waals surface area contributed by atoms with Crippen molar-refractivity contribution in [2.75, 3.05) is 4.90 Å². The lowest BCUT2D eigenvalue weighted by Crippen LogP contribution is -2.79. The molecule has 2 aliphatic rings. The lowest BCUT2D eigenvalue weighted by molar-refractivity contribution is 0.435. The summed E-state index contributed by atoms with van der Waals surface area (Å²) in [7, 11) is -2.91. The van der Waals surface area contributed by atoms with Gasteiger partial charge in [0.15, 0.2) is 8.07 Å². The smallest absolute Gasteiger partial charge is 0.180 e. The van der Waals surface area contributed by atoms with E-state index in [1.54, 1.807) is 0 Å². The van der Waals surface area contributed by atoms with Gasteiger partial charge in [-0.2, -0.15) is 0 Å². The fraction of sp³-hybridized carbons (Fsp3) is 0.0159. The summed E-state index contributed by atoms with van der Waals surface area (Å²) in [4.78, 5) is 2.46. The van der Waals surface area contributed by atoms with Crippen molar-refractivity contribution < 1.29 is 4.74 Å². The maximum absolute atomic E-state index is 7.09. The van der Waals surface area contributed by atoms with E-state index in [2.05, 4.69) is 266 Å². The van der Waals surface area contributed by atoms with Gasteiger partial charge in [0.1, 0.15) is 11.5 Å². The number of para-hydroxylation sites is 1. The van der Waals surface area contributed by atoms with E-state index in [4.69, 9.17) is 4.74 Å². The summed E-state index contributed by atoms with van der Waals surface area (Å²) >= 11 is 0. The first-order chi connectivity index (χ1) is 32.7. The Labute approximate surface area is 386 Å². The second kappa shape index (κ2) is 15.2. The Morgan fingerprint density at radius 3 is 1.48 bits per heavy atom. The molecule has 0 aliphatic carbocycles. The zero-order valence-corrected chi connectivity index (χ0v) is 37.2. The minimum Gasteiger partial charge on any atom is -0.457 e. The Kier molecular flexibility index (Phi) is 8.80. The van der Waals surface area contributed by atoms with Crippen molar-refractivity contribution in [2.24, 2.45) is 0 Å². The molecule has 11 aromatic carbocycles. The van der Waals surface area contributed by atoms with E-state index in [-0.39, 0.29) is 0 Å². The van der Waals surface area contributed by atoms with E-state index in [0.29, 0.717) is 0 Å².